The summed E-state index contributed by atoms with van der Waals surface area (Å²) in [5, 5.41) is 0. The maximum absolute atomic E-state index is 13.1. The van der Waals surface area contributed by atoms with Gasteiger partial charge in [-0.05, 0) is 32.0 Å². The highest BCUT2D eigenvalue weighted by Crippen LogP contribution is 2.35. The number of benzene rings is 2. The standard InChI is InChI=1S/C23H26N4O3/c1-16-17(2)24-23-26(19-10-6-8-12-21(19)30-4)14-25(15-27(23)22(16)28)13-18-9-5-7-11-20(18)29-3/h5-12H,13-15H2,1-4H3. The second kappa shape index (κ2) is 8.20. The molecule has 1 aliphatic rings. The van der Waals surface area contributed by atoms with E-state index in [0.717, 1.165) is 28.4 Å². The van der Waals surface area contributed by atoms with Crippen LogP contribution in [0.5, 0.6) is 11.5 Å². The fourth-order valence-corrected chi connectivity index (χ4v) is 3.79. The van der Waals surface area contributed by atoms with Gasteiger partial charge in [0.2, 0.25) is 5.95 Å². The van der Waals surface area contributed by atoms with Gasteiger partial charge in [0.15, 0.2) is 0 Å². The third-order valence-electron chi connectivity index (χ3n) is 5.50. The Morgan fingerprint density at radius 1 is 0.933 bits per heavy atom. The maximum atomic E-state index is 13.1. The number of methoxy groups -OCH3 is 2. The van der Waals surface area contributed by atoms with Gasteiger partial charge in [-0.15, -0.1) is 0 Å². The third kappa shape index (κ3) is 3.52. The van der Waals surface area contributed by atoms with Gasteiger partial charge in [-0.3, -0.25) is 19.2 Å². The van der Waals surface area contributed by atoms with Gasteiger partial charge >= 0.3 is 0 Å². The van der Waals surface area contributed by atoms with E-state index < -0.39 is 0 Å². The Hall–Kier alpha value is -3.32. The minimum Gasteiger partial charge on any atom is -0.496 e. The van der Waals surface area contributed by atoms with E-state index in [1.54, 1.807) is 18.8 Å². The number of hydrogen-bond donors (Lipinski definition) is 0. The van der Waals surface area contributed by atoms with Gasteiger partial charge in [-0.25, -0.2) is 4.98 Å². The average Bonchev–Trinajstić information content (AvgIpc) is 2.78. The number of ether oxygens (including phenoxy) is 2. The largest absolute Gasteiger partial charge is 0.496 e. The van der Waals surface area contributed by atoms with Crippen molar-refractivity contribution in [1.29, 1.82) is 0 Å². The fourth-order valence-electron chi connectivity index (χ4n) is 3.79. The quantitative estimate of drug-likeness (QED) is 0.647. The monoisotopic (exact) mass is 406 g/mol. The first kappa shape index (κ1) is 20.0. The first-order valence-corrected chi connectivity index (χ1v) is 9.86. The summed E-state index contributed by atoms with van der Waals surface area (Å²) >= 11 is 0. The van der Waals surface area contributed by atoms with Crippen LogP contribution in [0.2, 0.25) is 0 Å². The van der Waals surface area contributed by atoms with Crippen molar-refractivity contribution in [2.75, 3.05) is 25.8 Å². The lowest BCUT2D eigenvalue weighted by Crippen LogP contribution is -2.47. The van der Waals surface area contributed by atoms with Crippen molar-refractivity contribution in [2.24, 2.45) is 0 Å². The molecule has 1 aliphatic heterocycles. The van der Waals surface area contributed by atoms with E-state index in [-0.39, 0.29) is 5.56 Å². The summed E-state index contributed by atoms with van der Waals surface area (Å²) in [6.07, 6.45) is 0. The molecule has 0 amide bonds. The second-order valence-corrected chi connectivity index (χ2v) is 7.38. The van der Waals surface area contributed by atoms with E-state index in [4.69, 9.17) is 14.5 Å². The summed E-state index contributed by atoms with van der Waals surface area (Å²) in [5.74, 6) is 2.19. The molecule has 0 saturated heterocycles. The predicted molar refractivity (Wildman–Crippen MR) is 117 cm³/mol. The number of anilines is 2. The predicted octanol–water partition coefficient (Wildman–Crippen LogP) is 3.45. The van der Waals surface area contributed by atoms with Crippen molar-refractivity contribution < 1.29 is 9.47 Å². The Kier molecular flexibility index (Phi) is 5.46. The molecule has 2 aromatic carbocycles. The van der Waals surface area contributed by atoms with Crippen molar-refractivity contribution in [3.63, 3.8) is 0 Å². The molecule has 30 heavy (non-hydrogen) atoms. The maximum Gasteiger partial charge on any atom is 0.259 e. The summed E-state index contributed by atoms with van der Waals surface area (Å²) in [7, 11) is 3.32. The molecule has 0 fully saturated rings. The van der Waals surface area contributed by atoms with Crippen molar-refractivity contribution in [1.82, 2.24) is 14.5 Å². The molecular formula is C23H26N4O3. The number of aryl methyl sites for hydroxylation is 1. The highest BCUT2D eigenvalue weighted by molar-refractivity contribution is 5.66. The Labute approximate surface area is 176 Å². The van der Waals surface area contributed by atoms with Crippen LogP contribution in [-0.4, -0.2) is 35.3 Å². The summed E-state index contributed by atoms with van der Waals surface area (Å²) < 4.78 is 12.8. The summed E-state index contributed by atoms with van der Waals surface area (Å²) in [4.78, 5) is 22.1. The first-order valence-electron chi connectivity index (χ1n) is 9.86. The molecule has 7 heteroatoms. The van der Waals surface area contributed by atoms with Crippen LogP contribution < -0.4 is 19.9 Å². The van der Waals surface area contributed by atoms with Crippen LogP contribution in [0.1, 0.15) is 16.8 Å². The molecule has 0 radical (unpaired) electrons. The SMILES string of the molecule is COc1ccccc1CN1CN(c2ccccc2OC)c2nc(C)c(C)c(=O)n2C1. The molecule has 3 aromatic rings. The van der Waals surface area contributed by atoms with Crippen LogP contribution in [0.4, 0.5) is 11.6 Å². The Bertz CT molecular complexity index is 1130. The zero-order valence-electron chi connectivity index (χ0n) is 17.8. The van der Waals surface area contributed by atoms with Crippen LogP contribution in [-0.2, 0) is 13.2 Å². The number of hydrogen-bond acceptors (Lipinski definition) is 6. The Balaban J connectivity index is 1.81. The fraction of sp³-hybridized carbons (Fsp3) is 0.304. The van der Waals surface area contributed by atoms with Gasteiger partial charge in [0, 0.05) is 23.4 Å². The summed E-state index contributed by atoms with van der Waals surface area (Å²) in [6, 6.07) is 15.7. The van der Waals surface area contributed by atoms with E-state index in [0.29, 0.717) is 31.4 Å². The van der Waals surface area contributed by atoms with Crippen molar-refractivity contribution in [3.05, 3.63) is 75.7 Å². The van der Waals surface area contributed by atoms with Crippen molar-refractivity contribution in [3.8, 4) is 11.5 Å². The summed E-state index contributed by atoms with van der Waals surface area (Å²) in [5.41, 5.74) is 3.31. The van der Waals surface area contributed by atoms with Crippen LogP contribution >= 0.6 is 0 Å². The lowest BCUT2D eigenvalue weighted by atomic mass is 10.2. The zero-order valence-corrected chi connectivity index (χ0v) is 17.8. The topological polar surface area (TPSA) is 59.8 Å². The van der Waals surface area contributed by atoms with Crippen LogP contribution in [0, 0.1) is 13.8 Å². The minimum absolute atomic E-state index is 0.0258. The van der Waals surface area contributed by atoms with Crippen LogP contribution in [0.25, 0.3) is 0 Å². The molecule has 156 valence electrons. The zero-order chi connectivity index (χ0) is 21.3. The van der Waals surface area contributed by atoms with Gasteiger partial charge in [0.05, 0.1) is 33.2 Å². The Morgan fingerprint density at radius 2 is 1.60 bits per heavy atom. The van der Waals surface area contributed by atoms with Gasteiger partial charge in [-0.1, -0.05) is 30.3 Å². The number of fused-ring (bicyclic) bond motifs is 1. The molecule has 0 aliphatic carbocycles. The molecule has 4 rings (SSSR count). The number of nitrogens with zero attached hydrogens (tertiary/aromatic N) is 4. The number of aromatic nitrogens is 2. The second-order valence-electron chi connectivity index (χ2n) is 7.38. The molecule has 0 unspecified atom stereocenters. The van der Waals surface area contributed by atoms with Gasteiger partial charge in [0.1, 0.15) is 11.5 Å². The van der Waals surface area contributed by atoms with Gasteiger partial charge in [-0.2, -0.15) is 0 Å². The number of para-hydroxylation sites is 3. The van der Waals surface area contributed by atoms with E-state index in [1.807, 2.05) is 67.3 Å². The summed E-state index contributed by atoms with van der Waals surface area (Å²) in [6.45, 7) is 5.34. The molecule has 0 N–H and O–H groups in total. The highest BCUT2D eigenvalue weighted by Gasteiger charge is 2.29. The first-order chi connectivity index (χ1) is 14.5. The van der Waals surface area contributed by atoms with E-state index in [2.05, 4.69) is 4.90 Å². The number of rotatable bonds is 5. The molecule has 7 nitrogen and oxygen atoms in total. The molecule has 0 atom stereocenters. The van der Waals surface area contributed by atoms with Crippen molar-refractivity contribution in [2.45, 2.75) is 27.1 Å². The molecule has 0 bridgehead atoms. The van der Waals surface area contributed by atoms with Crippen LogP contribution in [0.15, 0.2) is 53.3 Å². The van der Waals surface area contributed by atoms with E-state index >= 15 is 0 Å². The van der Waals surface area contributed by atoms with Crippen molar-refractivity contribution >= 4 is 11.6 Å². The minimum atomic E-state index is -0.0258. The van der Waals surface area contributed by atoms with Gasteiger partial charge < -0.3 is 9.47 Å². The highest BCUT2D eigenvalue weighted by atomic mass is 16.5. The molecule has 1 aromatic heterocycles. The van der Waals surface area contributed by atoms with E-state index in [9.17, 15) is 4.79 Å². The lowest BCUT2D eigenvalue weighted by molar-refractivity contribution is 0.187. The Morgan fingerprint density at radius 3 is 2.33 bits per heavy atom. The molecule has 0 saturated carbocycles. The molecular weight excluding hydrogens is 380 g/mol. The third-order valence-corrected chi connectivity index (χ3v) is 5.50. The van der Waals surface area contributed by atoms with E-state index in [1.165, 1.54) is 0 Å². The smallest absolute Gasteiger partial charge is 0.259 e. The average molecular weight is 406 g/mol. The molecule has 2 heterocycles. The van der Waals surface area contributed by atoms with Gasteiger partial charge in [0.25, 0.3) is 5.56 Å². The molecule has 0 spiro atoms. The lowest BCUT2D eigenvalue weighted by Gasteiger charge is -2.38. The van der Waals surface area contributed by atoms with Crippen LogP contribution in [0.3, 0.4) is 0 Å². The normalized spacial score (nSPS) is 13.8.